The van der Waals surface area contributed by atoms with E-state index in [1.54, 1.807) is 11.7 Å². The number of nitrogens with zero attached hydrogens (tertiary/aromatic N) is 1. The van der Waals surface area contributed by atoms with Gasteiger partial charge < -0.3 is 5.32 Å². The predicted molar refractivity (Wildman–Crippen MR) is 68.8 cm³/mol. The van der Waals surface area contributed by atoms with E-state index in [1.165, 1.54) is 22.6 Å². The number of thiazole rings is 1. The molecule has 1 aliphatic heterocycles. The number of hydrogen-bond donors (Lipinski definition) is 1. The van der Waals surface area contributed by atoms with E-state index in [-0.39, 0.29) is 5.78 Å². The van der Waals surface area contributed by atoms with E-state index in [2.05, 4.69) is 10.3 Å². The molecule has 1 aromatic heterocycles. The second-order valence-electron chi connectivity index (χ2n) is 4.12. The molecule has 2 heterocycles. The summed E-state index contributed by atoms with van der Waals surface area (Å²) >= 11 is 1.53. The largest absolute Gasteiger partial charge is 0.384 e. The van der Waals surface area contributed by atoms with Gasteiger partial charge in [0.1, 0.15) is 0 Å². The normalized spacial score (nSPS) is 13.2. The summed E-state index contributed by atoms with van der Waals surface area (Å²) in [6, 6.07) is 5.92. The van der Waals surface area contributed by atoms with Crippen molar-refractivity contribution in [3.05, 3.63) is 45.9 Å². The van der Waals surface area contributed by atoms with Crippen LogP contribution in [0.2, 0.25) is 0 Å². The fourth-order valence-corrected chi connectivity index (χ4v) is 2.66. The molecule has 0 saturated carbocycles. The van der Waals surface area contributed by atoms with Crippen LogP contribution >= 0.6 is 11.3 Å². The van der Waals surface area contributed by atoms with Crippen molar-refractivity contribution < 1.29 is 4.79 Å². The summed E-state index contributed by atoms with van der Waals surface area (Å²) in [5.41, 5.74) is 4.98. The van der Waals surface area contributed by atoms with Crippen LogP contribution < -0.4 is 5.32 Å². The van der Waals surface area contributed by atoms with Crippen LogP contribution in [0.25, 0.3) is 0 Å². The molecule has 2 aromatic rings. The number of benzene rings is 1. The van der Waals surface area contributed by atoms with Crippen molar-refractivity contribution in [1.29, 1.82) is 0 Å². The van der Waals surface area contributed by atoms with Crippen LogP contribution in [0.1, 0.15) is 20.8 Å². The van der Waals surface area contributed by atoms with E-state index < -0.39 is 0 Å². The maximum absolute atomic E-state index is 12.1. The fourth-order valence-electron chi connectivity index (χ4n) is 2.07. The van der Waals surface area contributed by atoms with Gasteiger partial charge in [-0.15, -0.1) is 11.3 Å². The Morgan fingerprint density at radius 3 is 3.24 bits per heavy atom. The molecule has 1 N–H and O–H groups in total. The van der Waals surface area contributed by atoms with Crippen molar-refractivity contribution >= 4 is 22.8 Å². The van der Waals surface area contributed by atoms with Gasteiger partial charge >= 0.3 is 0 Å². The Hall–Kier alpha value is -1.68. The van der Waals surface area contributed by atoms with Crippen LogP contribution in [0.3, 0.4) is 0 Å². The van der Waals surface area contributed by atoms with Crippen LogP contribution in [-0.2, 0) is 12.8 Å². The molecule has 0 atom stereocenters. The Balaban J connectivity index is 1.82. The molecule has 0 aliphatic carbocycles. The number of hydrogen-bond acceptors (Lipinski definition) is 4. The van der Waals surface area contributed by atoms with Crippen molar-refractivity contribution in [3.8, 4) is 0 Å². The molecular formula is C13H12N2OS. The molecule has 1 aliphatic rings. The highest BCUT2D eigenvalue weighted by Gasteiger charge is 2.14. The van der Waals surface area contributed by atoms with Crippen LogP contribution in [0, 0.1) is 0 Å². The number of nitrogens with one attached hydrogen (secondary N) is 1. The molecule has 0 amide bonds. The Bertz CT molecular complexity index is 549. The van der Waals surface area contributed by atoms with Gasteiger partial charge in [-0.3, -0.25) is 9.78 Å². The second-order valence-corrected chi connectivity index (χ2v) is 5.09. The quantitative estimate of drug-likeness (QED) is 0.844. The summed E-state index contributed by atoms with van der Waals surface area (Å²) in [7, 11) is 0. The first kappa shape index (κ1) is 10.5. The summed E-state index contributed by atoms with van der Waals surface area (Å²) in [4.78, 5) is 17.1. The average molecular weight is 244 g/mol. The molecule has 0 bridgehead atoms. The minimum atomic E-state index is 0.170. The van der Waals surface area contributed by atoms with E-state index in [0.717, 1.165) is 23.4 Å². The Morgan fingerprint density at radius 2 is 2.41 bits per heavy atom. The van der Waals surface area contributed by atoms with E-state index >= 15 is 0 Å². The summed E-state index contributed by atoms with van der Waals surface area (Å²) in [5, 5.41) is 3.29. The molecule has 3 nitrogen and oxygen atoms in total. The number of Topliss-reactive ketones (excluding diaryl/α,β-unsaturated/α-hetero) is 1. The van der Waals surface area contributed by atoms with Crippen molar-refractivity contribution in [1.82, 2.24) is 4.98 Å². The first-order valence-corrected chi connectivity index (χ1v) is 6.48. The van der Waals surface area contributed by atoms with Crippen LogP contribution in [0.5, 0.6) is 0 Å². The third kappa shape index (κ3) is 2.08. The Kier molecular flexibility index (Phi) is 2.65. The van der Waals surface area contributed by atoms with Gasteiger partial charge in [0.2, 0.25) is 0 Å². The Labute approximate surface area is 104 Å². The maximum Gasteiger partial charge on any atom is 0.168 e. The Morgan fingerprint density at radius 1 is 1.47 bits per heavy atom. The summed E-state index contributed by atoms with van der Waals surface area (Å²) in [5.74, 6) is 0.170. The topological polar surface area (TPSA) is 42.0 Å². The van der Waals surface area contributed by atoms with Crippen molar-refractivity contribution in [3.63, 3.8) is 0 Å². The van der Waals surface area contributed by atoms with Gasteiger partial charge in [-0.25, -0.2) is 0 Å². The molecule has 17 heavy (non-hydrogen) atoms. The van der Waals surface area contributed by atoms with Gasteiger partial charge in [0.25, 0.3) is 0 Å². The zero-order valence-corrected chi connectivity index (χ0v) is 10.1. The van der Waals surface area contributed by atoms with E-state index in [1.807, 2.05) is 18.2 Å². The van der Waals surface area contributed by atoms with Crippen molar-refractivity contribution in [2.24, 2.45) is 0 Å². The van der Waals surface area contributed by atoms with Crippen LogP contribution in [0.4, 0.5) is 5.69 Å². The van der Waals surface area contributed by atoms with Gasteiger partial charge in [-0.05, 0) is 30.2 Å². The molecular weight excluding hydrogens is 232 g/mol. The van der Waals surface area contributed by atoms with Gasteiger partial charge in [0.15, 0.2) is 5.78 Å². The highest BCUT2D eigenvalue weighted by Crippen LogP contribution is 2.23. The third-order valence-corrected chi connectivity index (χ3v) is 3.73. The first-order chi connectivity index (χ1) is 8.33. The SMILES string of the molecule is O=C(Cc1cncs1)c1ccc2c(c1)CCN2. The minimum Gasteiger partial charge on any atom is -0.384 e. The number of carbonyl (C=O) groups excluding carboxylic acids is 1. The number of anilines is 1. The van der Waals surface area contributed by atoms with E-state index in [9.17, 15) is 4.79 Å². The number of fused-ring (bicyclic) bond motifs is 1. The molecule has 86 valence electrons. The van der Waals surface area contributed by atoms with Crippen molar-refractivity contribution in [2.45, 2.75) is 12.8 Å². The van der Waals surface area contributed by atoms with E-state index in [0.29, 0.717) is 6.42 Å². The van der Waals surface area contributed by atoms with Gasteiger partial charge in [-0.2, -0.15) is 0 Å². The highest BCUT2D eigenvalue weighted by atomic mass is 32.1. The number of rotatable bonds is 3. The lowest BCUT2D eigenvalue weighted by molar-refractivity contribution is 0.0993. The molecule has 0 fully saturated rings. The minimum absolute atomic E-state index is 0.170. The predicted octanol–water partition coefficient (Wildman–Crippen LogP) is 2.54. The zero-order valence-electron chi connectivity index (χ0n) is 9.27. The van der Waals surface area contributed by atoms with Gasteiger partial charge in [0.05, 0.1) is 5.51 Å². The molecule has 3 rings (SSSR count). The number of ketones is 1. The average Bonchev–Trinajstić information content (AvgIpc) is 2.97. The van der Waals surface area contributed by atoms with Crippen LogP contribution in [-0.4, -0.2) is 17.3 Å². The molecule has 0 unspecified atom stereocenters. The smallest absolute Gasteiger partial charge is 0.168 e. The molecule has 1 aromatic carbocycles. The highest BCUT2D eigenvalue weighted by molar-refractivity contribution is 7.09. The number of carbonyl (C=O) groups is 1. The summed E-state index contributed by atoms with van der Waals surface area (Å²) < 4.78 is 0. The molecule has 0 radical (unpaired) electrons. The lowest BCUT2D eigenvalue weighted by Gasteiger charge is -2.03. The monoisotopic (exact) mass is 244 g/mol. The standard InChI is InChI=1S/C13H12N2OS/c16-13(6-11-7-14-8-17-11)10-1-2-12-9(5-10)3-4-15-12/h1-2,5,7-8,15H,3-4,6H2. The molecule has 0 saturated heterocycles. The lowest BCUT2D eigenvalue weighted by Crippen LogP contribution is -2.02. The third-order valence-electron chi connectivity index (χ3n) is 2.96. The fraction of sp³-hybridized carbons (Fsp3) is 0.231. The maximum atomic E-state index is 12.1. The van der Waals surface area contributed by atoms with Gasteiger partial charge in [-0.1, -0.05) is 0 Å². The van der Waals surface area contributed by atoms with E-state index in [4.69, 9.17) is 0 Å². The summed E-state index contributed by atoms with van der Waals surface area (Å²) in [6.45, 7) is 0.974. The first-order valence-electron chi connectivity index (χ1n) is 5.60. The zero-order chi connectivity index (χ0) is 11.7. The molecule has 0 spiro atoms. The number of aromatic nitrogens is 1. The second kappa shape index (κ2) is 4.30. The summed E-state index contributed by atoms with van der Waals surface area (Å²) in [6.07, 6.45) is 3.23. The van der Waals surface area contributed by atoms with Gasteiger partial charge in [0, 0.05) is 35.3 Å². The molecule has 4 heteroatoms. The lowest BCUT2D eigenvalue weighted by atomic mass is 10.0. The van der Waals surface area contributed by atoms with Crippen molar-refractivity contribution in [2.75, 3.05) is 11.9 Å². The van der Waals surface area contributed by atoms with Crippen LogP contribution in [0.15, 0.2) is 29.9 Å².